The van der Waals surface area contributed by atoms with Gasteiger partial charge in [-0.2, -0.15) is 5.21 Å². The van der Waals surface area contributed by atoms with Gasteiger partial charge in [-0.25, -0.2) is 9.97 Å². The van der Waals surface area contributed by atoms with Crippen LogP contribution in [-0.2, 0) is 30.6 Å². The summed E-state index contributed by atoms with van der Waals surface area (Å²) < 4.78 is 0. The van der Waals surface area contributed by atoms with Crippen molar-refractivity contribution >= 4 is 11.7 Å². The van der Waals surface area contributed by atoms with Gasteiger partial charge < -0.3 is 4.90 Å². The van der Waals surface area contributed by atoms with Crippen LogP contribution in [0.15, 0.2) is 78.9 Å². The van der Waals surface area contributed by atoms with E-state index in [1.54, 1.807) is 0 Å². The highest BCUT2D eigenvalue weighted by molar-refractivity contribution is 5.84. The monoisotopic (exact) mass is 501 g/mol. The number of fused-ring (bicyclic) bond motifs is 1. The lowest BCUT2D eigenvalue weighted by atomic mass is 10.00. The summed E-state index contributed by atoms with van der Waals surface area (Å²) in [6.07, 6.45) is 1.52. The van der Waals surface area contributed by atoms with Crippen LogP contribution in [0.5, 0.6) is 0 Å². The average molecular weight is 502 g/mol. The van der Waals surface area contributed by atoms with E-state index in [-0.39, 0.29) is 12.2 Å². The molecule has 8 heteroatoms. The van der Waals surface area contributed by atoms with Crippen LogP contribution in [0.1, 0.15) is 27.9 Å². The Morgan fingerprint density at radius 3 is 2.45 bits per heavy atom. The molecule has 0 bridgehead atoms. The number of benzene rings is 3. The summed E-state index contributed by atoms with van der Waals surface area (Å²) in [6.45, 7) is 3.58. The number of Topliss-reactive ketones (excluding diaryl/α,β-unsaturated/α-hetero) is 1. The van der Waals surface area contributed by atoms with Crippen LogP contribution in [0.25, 0.3) is 22.6 Å². The number of carbonyl (C=O) groups excluding carboxylic acids is 1. The molecular weight excluding hydrogens is 474 g/mol. The van der Waals surface area contributed by atoms with Gasteiger partial charge in [0.1, 0.15) is 5.78 Å². The topological polar surface area (TPSA) is 101 Å². The number of tetrazole rings is 1. The number of nitrogens with zero attached hydrogens (tertiary/aromatic N) is 6. The van der Waals surface area contributed by atoms with Crippen LogP contribution in [0.2, 0.25) is 0 Å². The standard InChI is InChI=1S/C30H27N7O/c1-20-10-12-21(13-11-20)16-25(38)17-24-18-28(26-8-4-5-9-27(26)29-33-35-36-34-29)32-30(31-24)37-15-14-22-6-2-3-7-23(22)19-37/h2-13,18H,14-17,19H2,1H3,(H,33,34,35,36). The summed E-state index contributed by atoms with van der Waals surface area (Å²) in [6, 6.07) is 26.3. The predicted octanol–water partition coefficient (Wildman–Crippen LogP) is 4.55. The zero-order valence-electron chi connectivity index (χ0n) is 21.1. The zero-order valence-corrected chi connectivity index (χ0v) is 21.1. The van der Waals surface area contributed by atoms with Gasteiger partial charge in [0.2, 0.25) is 11.8 Å². The van der Waals surface area contributed by atoms with E-state index in [1.165, 1.54) is 16.7 Å². The molecule has 1 aliphatic heterocycles. The Morgan fingerprint density at radius 1 is 0.895 bits per heavy atom. The molecule has 0 aliphatic carbocycles. The summed E-state index contributed by atoms with van der Waals surface area (Å²) in [5.74, 6) is 1.22. The third kappa shape index (κ3) is 5.06. The average Bonchev–Trinajstić information content (AvgIpc) is 3.49. The van der Waals surface area contributed by atoms with Crippen molar-refractivity contribution in [1.29, 1.82) is 0 Å². The molecule has 0 spiro atoms. The van der Waals surface area contributed by atoms with E-state index < -0.39 is 0 Å². The summed E-state index contributed by atoms with van der Waals surface area (Å²) >= 11 is 0. The Kier molecular flexibility index (Phi) is 6.44. The Hall–Kier alpha value is -4.72. The molecule has 8 nitrogen and oxygen atoms in total. The molecule has 3 aromatic carbocycles. The molecular formula is C30H27N7O. The van der Waals surface area contributed by atoms with E-state index in [1.807, 2.05) is 61.5 Å². The first kappa shape index (κ1) is 23.7. The number of aromatic amines is 1. The second-order valence-electron chi connectivity index (χ2n) is 9.64. The van der Waals surface area contributed by atoms with Crippen molar-refractivity contribution in [1.82, 2.24) is 30.6 Å². The molecule has 6 rings (SSSR count). The van der Waals surface area contributed by atoms with Crippen molar-refractivity contribution in [2.45, 2.75) is 32.7 Å². The van der Waals surface area contributed by atoms with Crippen LogP contribution < -0.4 is 4.90 Å². The molecule has 38 heavy (non-hydrogen) atoms. The van der Waals surface area contributed by atoms with Crippen LogP contribution in [0.4, 0.5) is 5.95 Å². The van der Waals surface area contributed by atoms with E-state index in [0.717, 1.165) is 41.9 Å². The fourth-order valence-electron chi connectivity index (χ4n) is 4.90. The molecule has 0 amide bonds. The SMILES string of the molecule is Cc1ccc(CC(=O)Cc2cc(-c3ccccc3-c3nn[nH]n3)nc(N3CCc4ccccc4C3)n2)cc1. The van der Waals surface area contributed by atoms with Gasteiger partial charge in [-0.3, -0.25) is 4.79 Å². The van der Waals surface area contributed by atoms with Crippen LogP contribution in [0.3, 0.4) is 0 Å². The minimum atomic E-state index is 0.111. The molecule has 0 unspecified atom stereocenters. The van der Waals surface area contributed by atoms with E-state index in [9.17, 15) is 4.79 Å². The molecule has 3 heterocycles. The normalized spacial score (nSPS) is 12.8. The van der Waals surface area contributed by atoms with E-state index in [2.05, 4.69) is 49.8 Å². The predicted molar refractivity (Wildman–Crippen MR) is 145 cm³/mol. The molecule has 1 aliphatic rings. The third-order valence-electron chi connectivity index (χ3n) is 6.87. The first-order valence-electron chi connectivity index (χ1n) is 12.7. The second kappa shape index (κ2) is 10.3. The molecule has 5 aromatic rings. The number of hydrogen-bond donors (Lipinski definition) is 1. The number of aryl methyl sites for hydroxylation is 1. The molecule has 188 valence electrons. The third-order valence-corrected chi connectivity index (χ3v) is 6.87. The Bertz CT molecular complexity index is 1580. The van der Waals surface area contributed by atoms with Crippen LogP contribution in [0, 0.1) is 6.92 Å². The van der Waals surface area contributed by atoms with Gasteiger partial charge in [-0.1, -0.05) is 78.4 Å². The van der Waals surface area contributed by atoms with Crippen molar-refractivity contribution in [2.75, 3.05) is 11.4 Å². The fraction of sp³-hybridized carbons (Fsp3) is 0.200. The molecule has 0 fully saturated rings. The second-order valence-corrected chi connectivity index (χ2v) is 9.64. The lowest BCUT2D eigenvalue weighted by Crippen LogP contribution is -2.32. The molecule has 0 atom stereocenters. The zero-order chi connectivity index (χ0) is 25.9. The number of nitrogens with one attached hydrogen (secondary N) is 1. The van der Waals surface area contributed by atoms with Gasteiger partial charge in [0.05, 0.1) is 11.4 Å². The van der Waals surface area contributed by atoms with Gasteiger partial charge in [0.15, 0.2) is 0 Å². The van der Waals surface area contributed by atoms with Gasteiger partial charge in [0.25, 0.3) is 0 Å². The quantitative estimate of drug-likeness (QED) is 0.349. The van der Waals surface area contributed by atoms with Crippen molar-refractivity contribution < 1.29 is 4.79 Å². The summed E-state index contributed by atoms with van der Waals surface area (Å²) in [7, 11) is 0. The molecule has 2 aromatic heterocycles. The van der Waals surface area contributed by atoms with Gasteiger partial charge in [-0.15, -0.1) is 10.2 Å². The Morgan fingerprint density at radius 2 is 1.66 bits per heavy atom. The van der Waals surface area contributed by atoms with Crippen LogP contribution in [-0.4, -0.2) is 42.9 Å². The molecule has 0 radical (unpaired) electrons. The maximum absolute atomic E-state index is 13.1. The van der Waals surface area contributed by atoms with E-state index in [0.29, 0.717) is 23.9 Å². The largest absolute Gasteiger partial charge is 0.336 e. The van der Waals surface area contributed by atoms with E-state index >= 15 is 0 Å². The first-order chi connectivity index (χ1) is 18.6. The number of H-pyrrole nitrogens is 1. The number of anilines is 1. The van der Waals surface area contributed by atoms with Crippen molar-refractivity contribution in [2.24, 2.45) is 0 Å². The highest BCUT2D eigenvalue weighted by Gasteiger charge is 2.21. The molecule has 1 N–H and O–H groups in total. The highest BCUT2D eigenvalue weighted by atomic mass is 16.1. The summed E-state index contributed by atoms with van der Waals surface area (Å²) in [5.41, 5.74) is 7.91. The molecule has 0 saturated carbocycles. The van der Waals surface area contributed by atoms with Gasteiger partial charge >= 0.3 is 0 Å². The lowest BCUT2D eigenvalue weighted by Gasteiger charge is -2.29. The van der Waals surface area contributed by atoms with E-state index in [4.69, 9.17) is 9.97 Å². The highest BCUT2D eigenvalue weighted by Crippen LogP contribution is 2.31. The number of ketones is 1. The molecule has 0 saturated heterocycles. The van der Waals surface area contributed by atoms with Gasteiger partial charge in [-0.05, 0) is 41.3 Å². The maximum Gasteiger partial charge on any atom is 0.226 e. The number of hydrogen-bond acceptors (Lipinski definition) is 7. The first-order valence-corrected chi connectivity index (χ1v) is 12.7. The Labute approximate surface area is 220 Å². The number of carbonyl (C=O) groups is 1. The fourth-order valence-corrected chi connectivity index (χ4v) is 4.90. The minimum Gasteiger partial charge on any atom is -0.336 e. The minimum absolute atomic E-state index is 0.111. The lowest BCUT2D eigenvalue weighted by molar-refractivity contribution is -0.117. The van der Waals surface area contributed by atoms with Crippen molar-refractivity contribution in [3.63, 3.8) is 0 Å². The van der Waals surface area contributed by atoms with Crippen molar-refractivity contribution in [3.05, 3.63) is 107 Å². The van der Waals surface area contributed by atoms with Gasteiger partial charge in [0, 0.05) is 37.1 Å². The summed E-state index contributed by atoms with van der Waals surface area (Å²) in [5, 5.41) is 14.6. The Balaban J connectivity index is 1.37. The van der Waals surface area contributed by atoms with Crippen LogP contribution >= 0.6 is 0 Å². The number of aromatic nitrogens is 6. The number of rotatable bonds is 7. The van der Waals surface area contributed by atoms with Crippen molar-refractivity contribution in [3.8, 4) is 22.6 Å². The summed E-state index contributed by atoms with van der Waals surface area (Å²) in [4.78, 5) is 25.2. The smallest absolute Gasteiger partial charge is 0.226 e. The maximum atomic E-state index is 13.1.